The van der Waals surface area contributed by atoms with Gasteiger partial charge in [-0.15, -0.1) is 0 Å². The third kappa shape index (κ3) is 6.02. The number of ether oxygens (including phenoxy) is 1. The number of piperidine rings is 1. The summed E-state index contributed by atoms with van der Waals surface area (Å²) >= 11 is 0. The summed E-state index contributed by atoms with van der Waals surface area (Å²) in [7, 11) is 0. The number of rotatable bonds is 8. The molecule has 4 N–H and O–H groups in total. The Morgan fingerprint density at radius 2 is 2.08 bits per heavy atom. The van der Waals surface area contributed by atoms with Gasteiger partial charge in [0.2, 0.25) is 5.88 Å². The highest BCUT2D eigenvalue weighted by Gasteiger charge is 2.44. The van der Waals surface area contributed by atoms with Crippen LogP contribution in [0, 0.1) is 5.92 Å². The number of hydrogen-bond acceptors (Lipinski definition) is 9. The van der Waals surface area contributed by atoms with E-state index in [1.54, 1.807) is 17.2 Å². The van der Waals surface area contributed by atoms with Crippen LogP contribution in [0.2, 0.25) is 0 Å². The highest BCUT2D eigenvalue weighted by Crippen LogP contribution is 2.36. The van der Waals surface area contributed by atoms with Gasteiger partial charge in [0.15, 0.2) is 11.4 Å². The summed E-state index contributed by atoms with van der Waals surface area (Å²) in [5.74, 6) is -1.94. The molecule has 1 unspecified atom stereocenters. The lowest BCUT2D eigenvalue weighted by molar-refractivity contribution is -0.177. The molecule has 39 heavy (non-hydrogen) atoms. The molecule has 0 aromatic carbocycles. The minimum Gasteiger partial charge on any atom is -0.438 e. The largest absolute Gasteiger partial charge is 0.438 e. The Balaban J connectivity index is 1.34. The molecule has 5 heterocycles. The molecule has 12 heteroatoms. The summed E-state index contributed by atoms with van der Waals surface area (Å²) in [6.07, 6.45) is 1.30. The number of nitrogens with two attached hydrogens (primary N) is 2. The number of aromatic nitrogens is 2. The number of halogens is 3. The number of furan rings is 1. The zero-order chi connectivity index (χ0) is 27.7. The number of hydrogen-bond donors (Lipinski definition) is 2. The number of nitrogens with zero attached hydrogens (tertiary/aromatic N) is 4. The Morgan fingerprint density at radius 1 is 1.26 bits per heavy atom. The number of fused-ring (bicyclic) bond motifs is 1. The van der Waals surface area contributed by atoms with Crippen molar-refractivity contribution in [2.75, 3.05) is 43.4 Å². The zero-order valence-electron chi connectivity index (χ0n) is 21.8. The van der Waals surface area contributed by atoms with Crippen molar-refractivity contribution in [1.29, 1.82) is 0 Å². The first-order chi connectivity index (χ1) is 18.6. The Bertz CT molecular complexity index is 1330. The van der Waals surface area contributed by atoms with E-state index in [9.17, 15) is 18.0 Å². The van der Waals surface area contributed by atoms with Crippen LogP contribution in [0.4, 0.5) is 24.7 Å². The van der Waals surface area contributed by atoms with E-state index in [4.69, 9.17) is 20.6 Å². The van der Waals surface area contributed by atoms with Crippen LogP contribution in [0.15, 0.2) is 35.1 Å². The van der Waals surface area contributed by atoms with Gasteiger partial charge in [-0.05, 0) is 37.5 Å². The lowest BCUT2D eigenvalue weighted by Crippen LogP contribution is -2.51. The smallest absolute Gasteiger partial charge is 0.393 e. The molecule has 0 radical (unpaired) electrons. The molecule has 2 aliphatic heterocycles. The van der Waals surface area contributed by atoms with Crippen LogP contribution in [-0.2, 0) is 17.7 Å². The van der Waals surface area contributed by atoms with Gasteiger partial charge in [-0.1, -0.05) is 0 Å². The first kappa shape index (κ1) is 27.4. The predicted molar refractivity (Wildman–Crippen MR) is 140 cm³/mol. The van der Waals surface area contributed by atoms with Crippen LogP contribution in [0.5, 0.6) is 0 Å². The molecule has 0 spiro atoms. The molecule has 0 aliphatic carbocycles. The summed E-state index contributed by atoms with van der Waals surface area (Å²) in [6, 6.07) is 2.81. The van der Waals surface area contributed by atoms with E-state index in [1.807, 2.05) is 13.0 Å². The van der Waals surface area contributed by atoms with Gasteiger partial charge in [-0.3, -0.25) is 19.7 Å². The summed E-state index contributed by atoms with van der Waals surface area (Å²) in [5, 5.41) is 0. The van der Waals surface area contributed by atoms with Gasteiger partial charge in [-0.25, -0.2) is 0 Å². The molecule has 2 aliphatic rings. The maximum absolute atomic E-state index is 13.5. The van der Waals surface area contributed by atoms with Crippen LogP contribution >= 0.6 is 0 Å². The minimum absolute atomic E-state index is 0.0418. The number of nitrogen functional groups attached to an aromatic ring is 1. The molecule has 2 saturated heterocycles. The van der Waals surface area contributed by atoms with Crippen molar-refractivity contribution in [3.8, 4) is 0 Å². The van der Waals surface area contributed by atoms with Crippen molar-refractivity contribution in [3.63, 3.8) is 0 Å². The summed E-state index contributed by atoms with van der Waals surface area (Å²) in [5.41, 5.74) is 14.9. The lowest BCUT2D eigenvalue weighted by atomic mass is 9.93. The third-order valence-corrected chi connectivity index (χ3v) is 7.44. The van der Waals surface area contributed by atoms with Crippen molar-refractivity contribution in [2.24, 2.45) is 11.7 Å². The molecular formula is C27H33F3N6O3. The van der Waals surface area contributed by atoms with Crippen molar-refractivity contribution < 1.29 is 27.1 Å². The quantitative estimate of drug-likeness (QED) is 0.408. The van der Waals surface area contributed by atoms with E-state index >= 15 is 0 Å². The first-order valence-electron chi connectivity index (χ1n) is 13.2. The summed E-state index contributed by atoms with van der Waals surface area (Å²) in [6.45, 7) is 5.14. The van der Waals surface area contributed by atoms with Crippen LogP contribution in [0.3, 0.4) is 0 Å². The Morgan fingerprint density at radius 3 is 2.85 bits per heavy atom. The fourth-order valence-corrected chi connectivity index (χ4v) is 5.66. The number of carbonyl (C=O) groups excluding carboxylic acids is 1. The highest BCUT2D eigenvalue weighted by molar-refractivity contribution is 6.10. The van der Waals surface area contributed by atoms with Crippen LogP contribution in [0.25, 0.3) is 11.1 Å². The molecule has 3 atom stereocenters. The molecule has 3 aromatic rings. The Labute approximate surface area is 224 Å². The number of alkyl halides is 3. The van der Waals surface area contributed by atoms with Crippen molar-refractivity contribution in [2.45, 2.75) is 51.1 Å². The molecule has 210 valence electrons. The molecule has 3 aromatic heterocycles. The van der Waals surface area contributed by atoms with Crippen LogP contribution < -0.4 is 16.4 Å². The molecular weight excluding hydrogens is 513 g/mol. The van der Waals surface area contributed by atoms with Gasteiger partial charge in [0.25, 0.3) is 0 Å². The average molecular weight is 547 g/mol. The number of Topliss-reactive ketones (excluding diaryl/α,β-unsaturated/α-hetero) is 1. The van der Waals surface area contributed by atoms with E-state index < -0.39 is 18.1 Å². The number of likely N-dealkylation sites (tertiary alicyclic amines) is 1. The van der Waals surface area contributed by atoms with E-state index in [1.165, 1.54) is 12.4 Å². The maximum Gasteiger partial charge on any atom is 0.393 e. The summed E-state index contributed by atoms with van der Waals surface area (Å²) in [4.78, 5) is 25.9. The van der Waals surface area contributed by atoms with Crippen LogP contribution in [-0.4, -0.2) is 71.8 Å². The topological polar surface area (TPSA) is 124 Å². The van der Waals surface area contributed by atoms with E-state index in [2.05, 4.69) is 14.9 Å². The van der Waals surface area contributed by atoms with Crippen LogP contribution in [0.1, 0.15) is 41.3 Å². The second kappa shape index (κ2) is 11.1. The third-order valence-electron chi connectivity index (χ3n) is 7.44. The number of carbonyl (C=O) groups is 1. The normalized spacial score (nSPS) is 22.6. The fraction of sp³-hybridized carbons (Fsp3) is 0.519. The van der Waals surface area contributed by atoms with E-state index in [0.717, 1.165) is 25.1 Å². The highest BCUT2D eigenvalue weighted by atomic mass is 19.4. The standard InChI is InChI=1S/C27H33F3N6O3/c1-2-38-20-4-6-35(15-20)12-16-7-23-25(34-10-16)24(26(32)39-23)22(37)8-17-11-33-5-3-21(17)36-13-18(27(28,29)30)9-19(31)14-36/h3,5,7,10-11,18-20H,2,4,6,8-9,12-15,31-32H2,1H3/t18-,19+,20?/m1/s1. The maximum atomic E-state index is 13.5. The number of ketones is 1. The first-order valence-corrected chi connectivity index (χ1v) is 13.2. The monoisotopic (exact) mass is 546 g/mol. The SMILES string of the molecule is CCOC1CCN(Cc2cnc3c(C(=O)Cc4cnccc4N4C[C@@H](N)C[C@@H](C(F)(F)F)C4)c(N)oc3c2)C1. The molecule has 5 rings (SSSR count). The fourth-order valence-electron chi connectivity index (χ4n) is 5.66. The van der Waals surface area contributed by atoms with Gasteiger partial charge in [0.05, 0.1) is 12.0 Å². The molecule has 9 nitrogen and oxygen atoms in total. The Kier molecular flexibility index (Phi) is 7.79. The number of anilines is 2. The second-order valence-corrected chi connectivity index (χ2v) is 10.4. The van der Waals surface area contributed by atoms with Gasteiger partial charge in [0, 0.05) is 81.6 Å². The van der Waals surface area contributed by atoms with Crippen molar-refractivity contribution >= 4 is 28.5 Å². The van der Waals surface area contributed by atoms with E-state index in [0.29, 0.717) is 35.5 Å². The van der Waals surface area contributed by atoms with Gasteiger partial charge in [-0.2, -0.15) is 13.2 Å². The molecule has 0 amide bonds. The molecule has 0 saturated carbocycles. The van der Waals surface area contributed by atoms with Crippen molar-refractivity contribution in [3.05, 3.63) is 47.4 Å². The lowest BCUT2D eigenvalue weighted by Gasteiger charge is -2.39. The van der Waals surface area contributed by atoms with Gasteiger partial charge in [0.1, 0.15) is 11.1 Å². The second-order valence-electron chi connectivity index (χ2n) is 10.4. The minimum atomic E-state index is -4.35. The Hall–Kier alpha value is -3.22. The van der Waals surface area contributed by atoms with Gasteiger partial charge < -0.3 is 25.5 Å². The molecule has 2 fully saturated rings. The molecule has 0 bridgehead atoms. The average Bonchev–Trinajstić information content (AvgIpc) is 3.46. The number of pyridine rings is 2. The zero-order valence-corrected chi connectivity index (χ0v) is 21.8. The van der Waals surface area contributed by atoms with Crippen molar-refractivity contribution in [1.82, 2.24) is 14.9 Å². The van der Waals surface area contributed by atoms with Gasteiger partial charge >= 0.3 is 6.18 Å². The predicted octanol–water partition coefficient (Wildman–Crippen LogP) is 3.56. The summed E-state index contributed by atoms with van der Waals surface area (Å²) < 4.78 is 51.9. The van der Waals surface area contributed by atoms with E-state index in [-0.39, 0.29) is 49.3 Å².